The Morgan fingerprint density at radius 2 is 1.71 bits per heavy atom. The minimum atomic E-state index is 0.0955. The lowest BCUT2D eigenvalue weighted by atomic mass is 10.1. The van der Waals surface area contributed by atoms with Gasteiger partial charge in [-0.1, -0.05) is 44.7 Å². The molecule has 0 fully saturated rings. The van der Waals surface area contributed by atoms with Gasteiger partial charge in [-0.05, 0) is 31.0 Å². The topological polar surface area (TPSA) is 35.2 Å². The van der Waals surface area contributed by atoms with Crippen molar-refractivity contribution in [2.75, 3.05) is 6.61 Å². The van der Waals surface area contributed by atoms with E-state index in [0.717, 1.165) is 24.3 Å². The third kappa shape index (κ3) is 5.73. The van der Waals surface area contributed by atoms with Crippen LogP contribution in [0, 0.1) is 0 Å². The molecule has 0 aromatic heterocycles. The Morgan fingerprint density at radius 3 is 2.29 bits per heavy atom. The van der Waals surface area contributed by atoms with Crippen molar-refractivity contribution in [3.63, 3.8) is 0 Å². The van der Waals surface area contributed by atoms with Gasteiger partial charge in [-0.2, -0.15) is 0 Å². The van der Waals surface area contributed by atoms with E-state index in [0.29, 0.717) is 0 Å². The van der Waals surface area contributed by atoms with E-state index in [2.05, 4.69) is 6.92 Å². The molecule has 0 aliphatic heterocycles. The predicted molar refractivity (Wildman–Crippen MR) is 73.3 cm³/mol. The first-order chi connectivity index (χ1) is 8.24. The highest BCUT2D eigenvalue weighted by Crippen LogP contribution is 2.16. The first-order valence-electron chi connectivity index (χ1n) is 6.72. The highest BCUT2D eigenvalue weighted by Gasteiger charge is 1.99. The summed E-state index contributed by atoms with van der Waals surface area (Å²) in [4.78, 5) is 0. The van der Waals surface area contributed by atoms with E-state index in [1.54, 1.807) is 0 Å². The molecule has 0 unspecified atom stereocenters. The van der Waals surface area contributed by atoms with Crippen LogP contribution in [0.4, 0.5) is 0 Å². The molecule has 1 aromatic carbocycles. The zero-order valence-electron chi connectivity index (χ0n) is 11.1. The maximum absolute atomic E-state index is 5.79. The van der Waals surface area contributed by atoms with Crippen LogP contribution in [-0.4, -0.2) is 6.61 Å². The molecule has 1 atom stereocenters. The number of unbranched alkanes of at least 4 members (excludes halogenated alkanes) is 4. The summed E-state index contributed by atoms with van der Waals surface area (Å²) in [5.41, 5.74) is 6.94. The fourth-order valence-corrected chi connectivity index (χ4v) is 1.76. The third-order valence-corrected chi connectivity index (χ3v) is 2.92. The number of ether oxygens (including phenoxy) is 1. The van der Waals surface area contributed by atoms with Gasteiger partial charge in [-0.3, -0.25) is 0 Å². The number of benzene rings is 1. The van der Waals surface area contributed by atoms with Crippen LogP contribution in [-0.2, 0) is 0 Å². The molecule has 0 saturated heterocycles. The SMILES string of the molecule is CCCCCCCOc1ccc([C@H](C)N)cc1. The fourth-order valence-electron chi connectivity index (χ4n) is 1.76. The maximum atomic E-state index is 5.79. The van der Waals surface area contributed by atoms with Gasteiger partial charge >= 0.3 is 0 Å². The van der Waals surface area contributed by atoms with Crippen LogP contribution in [0.25, 0.3) is 0 Å². The molecule has 0 bridgehead atoms. The van der Waals surface area contributed by atoms with Crippen LogP contribution < -0.4 is 10.5 Å². The van der Waals surface area contributed by atoms with Crippen LogP contribution in [0.15, 0.2) is 24.3 Å². The van der Waals surface area contributed by atoms with E-state index in [-0.39, 0.29) is 6.04 Å². The van der Waals surface area contributed by atoms with Crippen molar-refractivity contribution in [2.45, 2.75) is 52.0 Å². The monoisotopic (exact) mass is 235 g/mol. The van der Waals surface area contributed by atoms with Crippen LogP contribution in [0.5, 0.6) is 5.75 Å². The molecule has 2 N–H and O–H groups in total. The quantitative estimate of drug-likeness (QED) is 0.690. The van der Waals surface area contributed by atoms with Gasteiger partial charge in [0.2, 0.25) is 0 Å². The van der Waals surface area contributed by atoms with Crippen molar-refractivity contribution in [3.8, 4) is 5.75 Å². The number of hydrogen-bond donors (Lipinski definition) is 1. The molecule has 96 valence electrons. The highest BCUT2D eigenvalue weighted by molar-refractivity contribution is 5.28. The average molecular weight is 235 g/mol. The van der Waals surface area contributed by atoms with Crippen LogP contribution in [0.2, 0.25) is 0 Å². The normalized spacial score (nSPS) is 12.4. The lowest BCUT2D eigenvalue weighted by molar-refractivity contribution is 0.304. The van der Waals surface area contributed by atoms with E-state index in [1.165, 1.54) is 25.7 Å². The van der Waals surface area contributed by atoms with Gasteiger partial charge in [0.1, 0.15) is 5.75 Å². The molecule has 0 heterocycles. The van der Waals surface area contributed by atoms with Gasteiger partial charge < -0.3 is 10.5 Å². The lowest BCUT2D eigenvalue weighted by Gasteiger charge is -2.08. The largest absolute Gasteiger partial charge is 0.494 e. The van der Waals surface area contributed by atoms with Crippen molar-refractivity contribution in [1.29, 1.82) is 0 Å². The van der Waals surface area contributed by atoms with Crippen molar-refractivity contribution in [1.82, 2.24) is 0 Å². The Morgan fingerprint density at radius 1 is 1.06 bits per heavy atom. The summed E-state index contributed by atoms with van der Waals surface area (Å²) in [5.74, 6) is 0.949. The Hall–Kier alpha value is -1.02. The van der Waals surface area contributed by atoms with Crippen molar-refractivity contribution >= 4 is 0 Å². The molecule has 2 heteroatoms. The molecule has 0 aliphatic carbocycles. The van der Waals surface area contributed by atoms with E-state index in [9.17, 15) is 0 Å². The Kier molecular flexibility index (Phi) is 6.71. The van der Waals surface area contributed by atoms with Gasteiger partial charge in [-0.15, -0.1) is 0 Å². The summed E-state index contributed by atoms with van der Waals surface area (Å²) < 4.78 is 5.68. The number of hydrogen-bond acceptors (Lipinski definition) is 2. The molecule has 0 radical (unpaired) electrons. The predicted octanol–water partition coefficient (Wildman–Crippen LogP) is 4.06. The van der Waals surface area contributed by atoms with Gasteiger partial charge in [0, 0.05) is 6.04 Å². The summed E-state index contributed by atoms with van der Waals surface area (Å²) in [6, 6.07) is 8.18. The Bertz CT molecular complexity index is 292. The molecule has 0 spiro atoms. The zero-order valence-corrected chi connectivity index (χ0v) is 11.1. The average Bonchev–Trinajstić information content (AvgIpc) is 2.34. The second kappa shape index (κ2) is 8.13. The van der Waals surface area contributed by atoms with Crippen molar-refractivity contribution in [3.05, 3.63) is 29.8 Å². The fraction of sp³-hybridized carbons (Fsp3) is 0.600. The summed E-state index contributed by atoms with van der Waals surface area (Å²) in [6.07, 6.45) is 6.37. The van der Waals surface area contributed by atoms with Gasteiger partial charge in [0.15, 0.2) is 0 Å². The molecule has 0 saturated carbocycles. The summed E-state index contributed by atoms with van der Waals surface area (Å²) >= 11 is 0. The maximum Gasteiger partial charge on any atom is 0.119 e. The standard InChI is InChI=1S/C15H25NO/c1-3-4-5-6-7-12-17-15-10-8-14(9-11-15)13(2)16/h8-11,13H,3-7,12,16H2,1-2H3/t13-/m0/s1. The molecular formula is C15H25NO. The number of nitrogens with two attached hydrogens (primary N) is 1. The van der Waals surface area contributed by atoms with Crippen LogP contribution >= 0.6 is 0 Å². The second-order valence-electron chi connectivity index (χ2n) is 4.62. The Labute approximate surface area is 105 Å². The third-order valence-electron chi connectivity index (χ3n) is 2.92. The van der Waals surface area contributed by atoms with Crippen molar-refractivity contribution < 1.29 is 4.74 Å². The summed E-state index contributed by atoms with van der Waals surface area (Å²) in [7, 11) is 0. The van der Waals surface area contributed by atoms with Crippen LogP contribution in [0.1, 0.15) is 57.6 Å². The van der Waals surface area contributed by atoms with Gasteiger partial charge in [0.05, 0.1) is 6.61 Å². The van der Waals surface area contributed by atoms with Crippen LogP contribution in [0.3, 0.4) is 0 Å². The molecule has 17 heavy (non-hydrogen) atoms. The van der Waals surface area contributed by atoms with E-state index in [1.807, 2.05) is 31.2 Å². The molecule has 0 amide bonds. The first-order valence-corrected chi connectivity index (χ1v) is 6.72. The van der Waals surface area contributed by atoms with Gasteiger partial charge in [0.25, 0.3) is 0 Å². The molecule has 2 nitrogen and oxygen atoms in total. The summed E-state index contributed by atoms with van der Waals surface area (Å²) in [5, 5.41) is 0. The van der Waals surface area contributed by atoms with Gasteiger partial charge in [-0.25, -0.2) is 0 Å². The first kappa shape index (κ1) is 14.0. The minimum Gasteiger partial charge on any atom is -0.494 e. The molecular weight excluding hydrogens is 210 g/mol. The highest BCUT2D eigenvalue weighted by atomic mass is 16.5. The molecule has 1 aromatic rings. The van der Waals surface area contributed by atoms with E-state index in [4.69, 9.17) is 10.5 Å². The zero-order chi connectivity index (χ0) is 12.5. The Balaban J connectivity index is 2.19. The lowest BCUT2D eigenvalue weighted by Crippen LogP contribution is -2.04. The summed E-state index contributed by atoms with van der Waals surface area (Å²) in [6.45, 7) is 5.04. The second-order valence-corrected chi connectivity index (χ2v) is 4.62. The van der Waals surface area contributed by atoms with E-state index >= 15 is 0 Å². The minimum absolute atomic E-state index is 0.0955. The van der Waals surface area contributed by atoms with E-state index < -0.39 is 0 Å². The molecule has 1 rings (SSSR count). The molecule has 0 aliphatic rings. The number of rotatable bonds is 8. The smallest absolute Gasteiger partial charge is 0.119 e. The van der Waals surface area contributed by atoms with Crippen molar-refractivity contribution in [2.24, 2.45) is 5.73 Å².